The van der Waals surface area contributed by atoms with Crippen molar-refractivity contribution in [3.8, 4) is 5.88 Å². The van der Waals surface area contributed by atoms with Crippen LogP contribution in [0.2, 0.25) is 0 Å². The molecule has 0 saturated heterocycles. The van der Waals surface area contributed by atoms with Crippen molar-refractivity contribution in [3.05, 3.63) is 12.2 Å². The summed E-state index contributed by atoms with van der Waals surface area (Å²) in [5, 5.41) is 2.84. The maximum atomic E-state index is 12.0. The van der Waals surface area contributed by atoms with E-state index in [4.69, 9.17) is 16.3 Å². The molecule has 0 aliphatic carbocycles. The van der Waals surface area contributed by atoms with E-state index in [0.29, 0.717) is 41.7 Å². The number of alkyl halides is 1. The number of methoxy groups -OCH3 is 1. The van der Waals surface area contributed by atoms with Crippen LogP contribution in [0.25, 0.3) is 11.2 Å². The van der Waals surface area contributed by atoms with Crippen LogP contribution >= 0.6 is 11.6 Å². The zero-order chi connectivity index (χ0) is 15.2. The molecule has 1 amide bonds. The number of rotatable bonds is 7. The van der Waals surface area contributed by atoms with E-state index in [1.807, 2.05) is 6.92 Å². The molecule has 2 aromatic heterocycles. The monoisotopic (exact) mass is 311 g/mol. The van der Waals surface area contributed by atoms with Crippen molar-refractivity contribution in [3.63, 3.8) is 0 Å². The van der Waals surface area contributed by atoms with Gasteiger partial charge in [0.05, 0.1) is 7.11 Å². The third-order valence-electron chi connectivity index (χ3n) is 2.96. The molecule has 0 aliphatic heterocycles. The average Bonchev–Trinajstić information content (AvgIpc) is 2.83. The molecular formula is C13H18ClN5O2. The number of carbonyl (C=O) groups is 1. The van der Waals surface area contributed by atoms with Crippen molar-refractivity contribution >= 4 is 28.7 Å². The molecule has 2 heterocycles. The first-order valence-corrected chi connectivity index (χ1v) is 7.31. The molecule has 0 aromatic carbocycles. The molecule has 0 radical (unpaired) electrons. The first-order chi connectivity index (χ1) is 10.2. The molecular weight excluding hydrogens is 294 g/mol. The minimum atomic E-state index is -0.0791. The van der Waals surface area contributed by atoms with E-state index in [9.17, 15) is 4.79 Å². The Balaban J connectivity index is 2.39. The van der Waals surface area contributed by atoms with Gasteiger partial charge in [-0.15, -0.1) is 11.6 Å². The molecule has 0 aliphatic rings. The minimum Gasteiger partial charge on any atom is -0.479 e. The van der Waals surface area contributed by atoms with Gasteiger partial charge in [0, 0.05) is 18.8 Å². The summed E-state index contributed by atoms with van der Waals surface area (Å²) in [6.07, 6.45) is 2.83. The summed E-state index contributed by atoms with van der Waals surface area (Å²) >= 11 is 5.81. The van der Waals surface area contributed by atoms with Crippen LogP contribution in [0.1, 0.15) is 19.2 Å². The van der Waals surface area contributed by atoms with Gasteiger partial charge in [-0.05, 0) is 6.42 Å². The normalized spacial score (nSPS) is 10.8. The standard InChI is InChI=1S/C13H18ClN5O2/c1-3-6-15-10(20)7-19-9(4-5-14)18-11-12(19)16-8-17-13(11)21-2/h8H,3-7H2,1-2H3,(H,15,20). The fourth-order valence-corrected chi connectivity index (χ4v) is 2.18. The average molecular weight is 312 g/mol. The van der Waals surface area contributed by atoms with Crippen molar-refractivity contribution in [2.24, 2.45) is 0 Å². The second-order valence-corrected chi connectivity index (χ2v) is 4.84. The zero-order valence-corrected chi connectivity index (χ0v) is 12.9. The molecule has 0 unspecified atom stereocenters. The largest absolute Gasteiger partial charge is 0.479 e. The topological polar surface area (TPSA) is 81.9 Å². The second-order valence-electron chi connectivity index (χ2n) is 4.46. The first-order valence-electron chi connectivity index (χ1n) is 6.78. The van der Waals surface area contributed by atoms with E-state index in [0.717, 1.165) is 6.42 Å². The van der Waals surface area contributed by atoms with Crippen LogP contribution in [0.15, 0.2) is 6.33 Å². The summed E-state index contributed by atoms with van der Waals surface area (Å²) in [7, 11) is 1.52. The molecule has 2 rings (SSSR count). The lowest BCUT2D eigenvalue weighted by Gasteiger charge is -2.08. The number of ether oxygens (including phenoxy) is 1. The van der Waals surface area contributed by atoms with Gasteiger partial charge in [-0.1, -0.05) is 6.92 Å². The van der Waals surface area contributed by atoms with Gasteiger partial charge < -0.3 is 14.6 Å². The number of hydrogen-bond acceptors (Lipinski definition) is 5. The predicted octanol–water partition coefficient (Wildman–Crippen LogP) is 1.14. The summed E-state index contributed by atoms with van der Waals surface area (Å²) in [4.78, 5) is 24.6. The smallest absolute Gasteiger partial charge is 0.245 e. The van der Waals surface area contributed by atoms with Gasteiger partial charge in [-0.3, -0.25) is 4.79 Å². The van der Waals surface area contributed by atoms with E-state index in [2.05, 4.69) is 20.3 Å². The van der Waals surface area contributed by atoms with Gasteiger partial charge in [-0.25, -0.2) is 9.97 Å². The van der Waals surface area contributed by atoms with E-state index in [1.165, 1.54) is 13.4 Å². The van der Waals surface area contributed by atoms with E-state index >= 15 is 0 Å². The fourth-order valence-electron chi connectivity index (χ4n) is 2.02. The summed E-state index contributed by atoms with van der Waals surface area (Å²) in [6.45, 7) is 2.81. The van der Waals surface area contributed by atoms with Gasteiger partial charge >= 0.3 is 0 Å². The highest BCUT2D eigenvalue weighted by atomic mass is 35.5. The van der Waals surface area contributed by atoms with Crippen LogP contribution in [0.5, 0.6) is 5.88 Å². The lowest BCUT2D eigenvalue weighted by Crippen LogP contribution is -2.28. The van der Waals surface area contributed by atoms with Crippen molar-refractivity contribution in [1.82, 2.24) is 24.8 Å². The maximum Gasteiger partial charge on any atom is 0.245 e. The van der Waals surface area contributed by atoms with Crippen molar-refractivity contribution < 1.29 is 9.53 Å². The first kappa shape index (κ1) is 15.5. The third kappa shape index (κ3) is 3.41. The Kier molecular flexibility index (Phi) is 5.32. The fraction of sp³-hybridized carbons (Fsp3) is 0.538. The molecule has 0 bridgehead atoms. The molecule has 114 valence electrons. The number of halogens is 1. The summed E-state index contributed by atoms with van der Waals surface area (Å²) < 4.78 is 6.94. The van der Waals surface area contributed by atoms with E-state index in [1.54, 1.807) is 4.57 Å². The second kappa shape index (κ2) is 7.21. The Labute approximate surface area is 127 Å². The molecule has 1 N–H and O–H groups in total. The number of fused-ring (bicyclic) bond motifs is 1. The molecule has 8 heteroatoms. The van der Waals surface area contributed by atoms with Crippen LogP contribution in [-0.4, -0.2) is 45.0 Å². The van der Waals surface area contributed by atoms with Crippen LogP contribution in [-0.2, 0) is 17.8 Å². The molecule has 21 heavy (non-hydrogen) atoms. The van der Waals surface area contributed by atoms with Crippen LogP contribution in [0.3, 0.4) is 0 Å². The summed E-state index contributed by atoms with van der Waals surface area (Å²) in [5.41, 5.74) is 1.12. The Bertz CT molecular complexity index is 628. The Morgan fingerprint density at radius 1 is 1.48 bits per heavy atom. The van der Waals surface area contributed by atoms with E-state index in [-0.39, 0.29) is 12.5 Å². The van der Waals surface area contributed by atoms with Gasteiger partial charge in [0.2, 0.25) is 11.8 Å². The lowest BCUT2D eigenvalue weighted by molar-refractivity contribution is -0.121. The molecule has 0 saturated carbocycles. The van der Waals surface area contributed by atoms with Crippen molar-refractivity contribution in [2.75, 3.05) is 19.5 Å². The number of carbonyl (C=O) groups excluding carboxylic acids is 1. The number of amides is 1. The summed E-state index contributed by atoms with van der Waals surface area (Å²) in [5.74, 6) is 1.42. The van der Waals surface area contributed by atoms with Crippen molar-refractivity contribution in [1.29, 1.82) is 0 Å². The predicted molar refractivity (Wildman–Crippen MR) is 79.6 cm³/mol. The molecule has 7 nitrogen and oxygen atoms in total. The lowest BCUT2D eigenvalue weighted by atomic mass is 10.4. The molecule has 2 aromatic rings. The van der Waals surface area contributed by atoms with E-state index < -0.39 is 0 Å². The number of imidazole rings is 1. The molecule has 0 fully saturated rings. The van der Waals surface area contributed by atoms with Gasteiger partial charge in [0.25, 0.3) is 0 Å². The Morgan fingerprint density at radius 2 is 2.29 bits per heavy atom. The van der Waals surface area contributed by atoms with Gasteiger partial charge in [0.15, 0.2) is 11.2 Å². The Hall–Kier alpha value is -1.89. The number of nitrogens with one attached hydrogen (secondary N) is 1. The SMILES string of the molecule is CCCNC(=O)Cn1c(CCCl)nc2c(OC)ncnc21. The number of aryl methyl sites for hydroxylation is 1. The van der Waals surface area contributed by atoms with Crippen LogP contribution in [0, 0.1) is 0 Å². The number of aromatic nitrogens is 4. The molecule has 0 spiro atoms. The molecule has 0 atom stereocenters. The van der Waals surface area contributed by atoms with Crippen LogP contribution < -0.4 is 10.1 Å². The Morgan fingerprint density at radius 3 is 2.95 bits per heavy atom. The highest BCUT2D eigenvalue weighted by Crippen LogP contribution is 2.22. The quantitative estimate of drug-likeness (QED) is 0.775. The maximum absolute atomic E-state index is 12.0. The number of hydrogen-bond donors (Lipinski definition) is 1. The highest BCUT2D eigenvalue weighted by molar-refractivity contribution is 6.17. The van der Waals surface area contributed by atoms with Crippen molar-refractivity contribution in [2.45, 2.75) is 26.3 Å². The highest BCUT2D eigenvalue weighted by Gasteiger charge is 2.17. The zero-order valence-electron chi connectivity index (χ0n) is 12.1. The van der Waals surface area contributed by atoms with Crippen LogP contribution in [0.4, 0.5) is 0 Å². The van der Waals surface area contributed by atoms with Gasteiger partial charge in [0.1, 0.15) is 18.7 Å². The third-order valence-corrected chi connectivity index (χ3v) is 3.15. The number of nitrogens with zero attached hydrogens (tertiary/aromatic N) is 4. The van der Waals surface area contributed by atoms with Gasteiger partial charge in [-0.2, -0.15) is 4.98 Å². The minimum absolute atomic E-state index is 0.0791. The summed E-state index contributed by atoms with van der Waals surface area (Å²) in [6, 6.07) is 0.